The molecule has 3 amide bonds. The second-order valence-electron chi connectivity index (χ2n) is 9.09. The maximum Gasteiger partial charge on any atom is 0.245 e. The van der Waals surface area contributed by atoms with Gasteiger partial charge >= 0.3 is 0 Å². The standard InChI is InChI=1S/C24H35N3O4/c1-17(28)25-16-24(19-8-5-4-6-9-19)13-11-20(22(30)12-14-24)26(3)23(31)21-10-7-15-27(21)18(2)29/h4-6,8-9,20-22,30H,7,10-16H2,1-3H3,(H,25,28)/t20-,21-,22-,24+/m0/s1. The summed E-state index contributed by atoms with van der Waals surface area (Å²) in [6.45, 7) is 4.13. The maximum atomic E-state index is 13.2. The van der Waals surface area contributed by atoms with E-state index in [2.05, 4.69) is 17.4 Å². The summed E-state index contributed by atoms with van der Waals surface area (Å²) in [7, 11) is 1.75. The summed E-state index contributed by atoms with van der Waals surface area (Å²) in [5.41, 5.74) is 0.856. The number of hydrogen-bond donors (Lipinski definition) is 2. The van der Waals surface area contributed by atoms with E-state index in [1.54, 1.807) is 16.8 Å². The number of likely N-dealkylation sites (N-methyl/N-ethyl adjacent to an activating group) is 1. The van der Waals surface area contributed by atoms with Gasteiger partial charge in [-0.3, -0.25) is 14.4 Å². The van der Waals surface area contributed by atoms with E-state index in [0.717, 1.165) is 24.8 Å². The van der Waals surface area contributed by atoms with Gasteiger partial charge in [-0.2, -0.15) is 0 Å². The molecule has 1 aliphatic carbocycles. The molecule has 1 aromatic rings. The first kappa shape index (κ1) is 23.3. The molecule has 7 heteroatoms. The quantitative estimate of drug-likeness (QED) is 0.699. The van der Waals surface area contributed by atoms with Crippen LogP contribution in [0.25, 0.3) is 0 Å². The van der Waals surface area contributed by atoms with Crippen LogP contribution < -0.4 is 5.32 Å². The van der Waals surface area contributed by atoms with Gasteiger partial charge in [0.1, 0.15) is 6.04 Å². The van der Waals surface area contributed by atoms with E-state index < -0.39 is 12.1 Å². The number of likely N-dealkylation sites (tertiary alicyclic amines) is 1. The number of nitrogens with one attached hydrogen (secondary N) is 1. The lowest BCUT2D eigenvalue weighted by atomic mass is 9.74. The van der Waals surface area contributed by atoms with Gasteiger partial charge in [-0.25, -0.2) is 0 Å². The third-order valence-electron chi connectivity index (χ3n) is 7.13. The molecule has 1 aromatic carbocycles. The zero-order chi connectivity index (χ0) is 22.6. The van der Waals surface area contributed by atoms with Crippen LogP contribution >= 0.6 is 0 Å². The van der Waals surface area contributed by atoms with E-state index in [-0.39, 0.29) is 29.2 Å². The molecule has 1 heterocycles. The Morgan fingerprint density at radius 3 is 2.45 bits per heavy atom. The van der Waals surface area contributed by atoms with Gasteiger partial charge in [0.15, 0.2) is 0 Å². The van der Waals surface area contributed by atoms with E-state index in [9.17, 15) is 19.5 Å². The number of amides is 3. The van der Waals surface area contributed by atoms with Gasteiger partial charge in [-0.1, -0.05) is 30.3 Å². The van der Waals surface area contributed by atoms with Crippen molar-refractivity contribution in [2.45, 2.75) is 76.0 Å². The van der Waals surface area contributed by atoms with Crippen LogP contribution in [0.4, 0.5) is 0 Å². The Morgan fingerprint density at radius 1 is 1.13 bits per heavy atom. The molecule has 31 heavy (non-hydrogen) atoms. The summed E-state index contributed by atoms with van der Waals surface area (Å²) in [6.07, 6.45) is 3.48. The highest BCUT2D eigenvalue weighted by Crippen LogP contribution is 2.39. The lowest BCUT2D eigenvalue weighted by Gasteiger charge is -2.35. The molecule has 0 spiro atoms. The van der Waals surface area contributed by atoms with Crippen molar-refractivity contribution in [3.05, 3.63) is 35.9 Å². The minimum Gasteiger partial charge on any atom is -0.391 e. The molecule has 1 aliphatic heterocycles. The van der Waals surface area contributed by atoms with Crippen LogP contribution in [-0.2, 0) is 19.8 Å². The number of benzene rings is 1. The Hall–Kier alpha value is -2.41. The number of aliphatic hydroxyl groups excluding tert-OH is 1. The van der Waals surface area contributed by atoms with E-state index in [1.165, 1.54) is 13.8 Å². The van der Waals surface area contributed by atoms with Gasteiger partial charge in [-0.05, 0) is 44.1 Å². The molecular weight excluding hydrogens is 394 g/mol. The summed E-state index contributed by atoms with van der Waals surface area (Å²) in [6, 6.07) is 9.37. The normalized spacial score (nSPS) is 28.6. The first-order valence-electron chi connectivity index (χ1n) is 11.3. The van der Waals surface area contributed by atoms with Crippen molar-refractivity contribution >= 4 is 17.7 Å². The van der Waals surface area contributed by atoms with E-state index in [0.29, 0.717) is 32.4 Å². The zero-order valence-electron chi connectivity index (χ0n) is 18.8. The van der Waals surface area contributed by atoms with Gasteiger partial charge in [0.25, 0.3) is 0 Å². The monoisotopic (exact) mass is 429 g/mol. The summed E-state index contributed by atoms with van der Waals surface area (Å²) in [5, 5.41) is 14.0. The molecule has 1 saturated heterocycles. The average molecular weight is 430 g/mol. The third kappa shape index (κ3) is 5.09. The maximum absolute atomic E-state index is 13.2. The molecule has 0 bridgehead atoms. The molecule has 2 fully saturated rings. The highest BCUT2D eigenvalue weighted by Gasteiger charge is 2.42. The number of nitrogens with zero attached hydrogens (tertiary/aromatic N) is 2. The molecule has 4 atom stereocenters. The molecule has 0 unspecified atom stereocenters. The fourth-order valence-electron chi connectivity index (χ4n) is 5.26. The van der Waals surface area contributed by atoms with E-state index in [1.807, 2.05) is 18.2 Å². The SMILES string of the molecule is CC(=O)NC[C@]1(c2ccccc2)CC[C@H](O)[C@@H](N(C)C(=O)[C@@H]2CCCN2C(C)=O)CC1. The second-order valence-corrected chi connectivity index (χ2v) is 9.09. The van der Waals surface area contributed by atoms with Gasteiger partial charge < -0.3 is 20.2 Å². The van der Waals surface area contributed by atoms with Crippen molar-refractivity contribution in [1.82, 2.24) is 15.1 Å². The Morgan fingerprint density at radius 2 is 1.81 bits per heavy atom. The topological polar surface area (TPSA) is 89.9 Å². The highest BCUT2D eigenvalue weighted by molar-refractivity contribution is 5.87. The summed E-state index contributed by atoms with van der Waals surface area (Å²) < 4.78 is 0. The largest absolute Gasteiger partial charge is 0.391 e. The zero-order valence-corrected chi connectivity index (χ0v) is 18.8. The summed E-state index contributed by atoms with van der Waals surface area (Å²) >= 11 is 0. The van der Waals surface area contributed by atoms with Gasteiger partial charge in [-0.15, -0.1) is 0 Å². The molecule has 2 N–H and O–H groups in total. The number of carbonyl (C=O) groups is 3. The average Bonchev–Trinajstić information content (AvgIpc) is 3.19. The van der Waals surface area contributed by atoms with Crippen molar-refractivity contribution in [3.63, 3.8) is 0 Å². The van der Waals surface area contributed by atoms with Crippen LogP contribution in [0, 0.1) is 0 Å². The van der Waals surface area contributed by atoms with Gasteiger partial charge in [0.05, 0.1) is 12.1 Å². The van der Waals surface area contributed by atoms with Gasteiger partial charge in [0.2, 0.25) is 17.7 Å². The number of rotatable bonds is 5. The Bertz CT molecular complexity index is 799. The number of carbonyl (C=O) groups excluding carboxylic acids is 3. The van der Waals surface area contributed by atoms with Crippen molar-refractivity contribution in [2.75, 3.05) is 20.1 Å². The molecule has 3 rings (SSSR count). The third-order valence-corrected chi connectivity index (χ3v) is 7.13. The molecule has 0 aromatic heterocycles. The van der Waals surface area contributed by atoms with Crippen LogP contribution in [0.5, 0.6) is 0 Å². The molecule has 0 radical (unpaired) electrons. The first-order chi connectivity index (χ1) is 14.7. The molecular formula is C24H35N3O4. The van der Waals surface area contributed by atoms with Crippen LogP contribution in [0.3, 0.4) is 0 Å². The predicted octanol–water partition coefficient (Wildman–Crippen LogP) is 1.83. The number of hydrogen-bond acceptors (Lipinski definition) is 4. The first-order valence-corrected chi connectivity index (χ1v) is 11.3. The smallest absolute Gasteiger partial charge is 0.245 e. The molecule has 170 valence electrons. The summed E-state index contributed by atoms with van der Waals surface area (Å²) in [4.78, 5) is 40.1. The molecule has 1 saturated carbocycles. The van der Waals surface area contributed by atoms with E-state index in [4.69, 9.17) is 0 Å². The Labute approximate surface area is 184 Å². The van der Waals surface area contributed by atoms with Crippen molar-refractivity contribution in [2.24, 2.45) is 0 Å². The molecule has 2 aliphatic rings. The fourth-order valence-corrected chi connectivity index (χ4v) is 5.26. The lowest BCUT2D eigenvalue weighted by molar-refractivity contribution is -0.145. The molecule has 7 nitrogen and oxygen atoms in total. The van der Waals surface area contributed by atoms with Crippen molar-refractivity contribution in [1.29, 1.82) is 0 Å². The van der Waals surface area contributed by atoms with E-state index >= 15 is 0 Å². The Balaban J connectivity index is 1.79. The minimum atomic E-state index is -0.649. The van der Waals surface area contributed by atoms with Crippen LogP contribution in [0.1, 0.15) is 57.9 Å². The number of aliphatic hydroxyl groups is 1. The lowest BCUT2D eigenvalue weighted by Crippen LogP contribution is -2.52. The van der Waals surface area contributed by atoms with Gasteiger partial charge in [0, 0.05) is 39.4 Å². The fraction of sp³-hybridized carbons (Fsp3) is 0.625. The minimum absolute atomic E-state index is 0.0745. The predicted molar refractivity (Wildman–Crippen MR) is 118 cm³/mol. The van der Waals surface area contributed by atoms with Crippen LogP contribution in [0.15, 0.2) is 30.3 Å². The highest BCUT2D eigenvalue weighted by atomic mass is 16.3. The summed E-state index contributed by atoms with van der Waals surface area (Å²) in [5.74, 6) is -0.246. The second kappa shape index (κ2) is 9.81. The Kier molecular flexibility index (Phi) is 7.36. The van der Waals surface area contributed by atoms with Crippen molar-refractivity contribution < 1.29 is 19.5 Å². The van der Waals surface area contributed by atoms with Crippen molar-refractivity contribution in [3.8, 4) is 0 Å². The van der Waals surface area contributed by atoms with Crippen LogP contribution in [0.2, 0.25) is 0 Å². The van der Waals surface area contributed by atoms with Crippen LogP contribution in [-0.4, -0.2) is 71.0 Å².